The Bertz CT molecular complexity index is 755. The molecule has 1 atom stereocenters. The van der Waals surface area contributed by atoms with Crippen molar-refractivity contribution in [2.45, 2.75) is 16.0 Å². The van der Waals surface area contributed by atoms with E-state index in [4.69, 9.17) is 0 Å². The minimum atomic E-state index is -1.11. The van der Waals surface area contributed by atoms with Crippen LogP contribution in [0.3, 0.4) is 0 Å². The number of thioether (sulfide) groups is 1. The van der Waals surface area contributed by atoms with Gasteiger partial charge in [-0.3, -0.25) is 9.78 Å². The molecule has 0 saturated heterocycles. The maximum Gasteiger partial charge on any atom is 0.324 e. The summed E-state index contributed by atoms with van der Waals surface area (Å²) < 4.78 is 0.686. The predicted octanol–water partition coefficient (Wildman–Crippen LogP) is 3.78. The standard InChI is InChI=1S/C15H12N2O2S2/c1-15(13(18)19,10-5-4-8-16-9-10)21-14-17-11-6-2-3-7-12(11)20-14/h2-9H,1H3,(H,18,19). The third-order valence-corrected chi connectivity index (χ3v) is 5.60. The van der Waals surface area contributed by atoms with Gasteiger partial charge in [0.2, 0.25) is 0 Å². The van der Waals surface area contributed by atoms with Crippen LogP contribution in [0, 0.1) is 0 Å². The van der Waals surface area contributed by atoms with Gasteiger partial charge < -0.3 is 5.11 Å². The third kappa shape index (κ3) is 2.64. The Hall–Kier alpha value is -1.92. The van der Waals surface area contributed by atoms with E-state index in [2.05, 4.69) is 9.97 Å². The first-order valence-corrected chi connectivity index (χ1v) is 7.91. The highest BCUT2D eigenvalue weighted by Gasteiger charge is 2.38. The molecule has 3 aromatic rings. The molecule has 1 aromatic carbocycles. The molecule has 3 rings (SSSR count). The van der Waals surface area contributed by atoms with Crippen molar-refractivity contribution >= 4 is 39.3 Å². The number of carboxylic acids is 1. The second kappa shape index (κ2) is 5.46. The second-order valence-corrected chi connectivity index (χ2v) is 7.33. The van der Waals surface area contributed by atoms with Gasteiger partial charge in [-0.25, -0.2) is 4.98 Å². The van der Waals surface area contributed by atoms with Gasteiger partial charge in [0.05, 0.1) is 10.2 Å². The molecule has 106 valence electrons. The summed E-state index contributed by atoms with van der Waals surface area (Å²) in [6, 6.07) is 11.3. The number of carboxylic acid groups (broad SMARTS) is 1. The lowest BCUT2D eigenvalue weighted by molar-refractivity contribution is -0.139. The smallest absolute Gasteiger partial charge is 0.324 e. The number of aliphatic carboxylic acids is 1. The minimum Gasteiger partial charge on any atom is -0.480 e. The molecular weight excluding hydrogens is 304 g/mol. The lowest BCUT2D eigenvalue weighted by atomic mass is 10.0. The first-order chi connectivity index (χ1) is 10.1. The van der Waals surface area contributed by atoms with E-state index in [0.717, 1.165) is 14.6 Å². The van der Waals surface area contributed by atoms with Crippen molar-refractivity contribution in [3.8, 4) is 0 Å². The zero-order valence-electron chi connectivity index (χ0n) is 11.2. The Morgan fingerprint density at radius 1 is 1.29 bits per heavy atom. The minimum absolute atomic E-state index is 0.654. The Balaban J connectivity index is 2.01. The SMILES string of the molecule is CC(Sc1nc2ccccc2s1)(C(=O)O)c1cccnc1. The molecule has 2 heterocycles. The normalized spacial score (nSPS) is 14.0. The molecule has 0 radical (unpaired) electrons. The number of rotatable bonds is 4. The van der Waals surface area contributed by atoms with E-state index in [9.17, 15) is 9.90 Å². The van der Waals surface area contributed by atoms with E-state index in [1.165, 1.54) is 23.1 Å². The van der Waals surface area contributed by atoms with E-state index in [1.54, 1.807) is 31.5 Å². The quantitative estimate of drug-likeness (QED) is 0.742. The van der Waals surface area contributed by atoms with Crippen LogP contribution in [0.4, 0.5) is 0 Å². The number of benzene rings is 1. The fourth-order valence-electron chi connectivity index (χ4n) is 1.94. The van der Waals surface area contributed by atoms with Crippen molar-refractivity contribution in [2.24, 2.45) is 0 Å². The van der Waals surface area contributed by atoms with Crippen molar-refractivity contribution in [1.82, 2.24) is 9.97 Å². The number of carbonyl (C=O) groups is 1. The molecule has 6 heteroatoms. The van der Waals surface area contributed by atoms with E-state index in [-0.39, 0.29) is 0 Å². The van der Waals surface area contributed by atoms with Gasteiger partial charge in [-0.1, -0.05) is 30.0 Å². The summed E-state index contributed by atoms with van der Waals surface area (Å²) in [7, 11) is 0. The first kappa shape index (κ1) is 14.0. The maximum absolute atomic E-state index is 11.8. The van der Waals surface area contributed by atoms with Gasteiger partial charge >= 0.3 is 5.97 Å². The highest BCUT2D eigenvalue weighted by atomic mass is 32.2. The first-order valence-electron chi connectivity index (χ1n) is 6.28. The van der Waals surface area contributed by atoms with Crippen molar-refractivity contribution in [3.63, 3.8) is 0 Å². The summed E-state index contributed by atoms with van der Waals surface area (Å²) in [6.45, 7) is 1.68. The number of pyridine rings is 1. The fraction of sp³-hybridized carbons (Fsp3) is 0.133. The molecule has 4 nitrogen and oxygen atoms in total. The van der Waals surface area contributed by atoms with Gasteiger partial charge in [0.1, 0.15) is 4.75 Å². The average molecular weight is 316 g/mol. The molecule has 1 unspecified atom stereocenters. The maximum atomic E-state index is 11.8. The second-order valence-electron chi connectivity index (χ2n) is 4.63. The van der Waals surface area contributed by atoms with Crippen molar-refractivity contribution < 1.29 is 9.90 Å². The van der Waals surface area contributed by atoms with Gasteiger partial charge in [0, 0.05) is 12.4 Å². The van der Waals surface area contributed by atoms with Crippen LogP contribution in [0.5, 0.6) is 0 Å². The van der Waals surface area contributed by atoms with E-state index >= 15 is 0 Å². The van der Waals surface area contributed by atoms with Crippen LogP contribution in [0.15, 0.2) is 53.1 Å². The van der Waals surface area contributed by atoms with E-state index in [1.807, 2.05) is 24.3 Å². The molecule has 0 bridgehead atoms. The number of hydrogen-bond acceptors (Lipinski definition) is 5. The summed E-state index contributed by atoms with van der Waals surface area (Å²) in [6.07, 6.45) is 3.22. The predicted molar refractivity (Wildman–Crippen MR) is 84.7 cm³/mol. The van der Waals surface area contributed by atoms with Crippen LogP contribution in [0.1, 0.15) is 12.5 Å². The summed E-state index contributed by atoms with van der Waals surface area (Å²) in [5.41, 5.74) is 1.55. The van der Waals surface area contributed by atoms with Crippen LogP contribution < -0.4 is 0 Å². The van der Waals surface area contributed by atoms with Gasteiger partial charge in [-0.2, -0.15) is 0 Å². The number of nitrogens with zero attached hydrogens (tertiary/aromatic N) is 2. The largest absolute Gasteiger partial charge is 0.480 e. The van der Waals surface area contributed by atoms with Crippen LogP contribution in [0.2, 0.25) is 0 Å². The summed E-state index contributed by atoms with van der Waals surface area (Å²) in [5.74, 6) is -0.903. The van der Waals surface area contributed by atoms with Crippen molar-refractivity contribution in [3.05, 3.63) is 54.4 Å². The molecule has 0 aliphatic rings. The van der Waals surface area contributed by atoms with Crippen LogP contribution in [-0.4, -0.2) is 21.0 Å². The Morgan fingerprint density at radius 3 is 2.76 bits per heavy atom. The van der Waals surface area contributed by atoms with Crippen LogP contribution >= 0.6 is 23.1 Å². The molecule has 0 spiro atoms. The van der Waals surface area contributed by atoms with Gasteiger partial charge in [-0.15, -0.1) is 11.3 Å². The number of fused-ring (bicyclic) bond motifs is 1. The molecule has 0 aliphatic carbocycles. The highest BCUT2D eigenvalue weighted by Crippen LogP contribution is 2.43. The zero-order chi connectivity index (χ0) is 14.9. The number of thiazole rings is 1. The summed E-state index contributed by atoms with van der Waals surface area (Å²) in [4.78, 5) is 20.3. The summed E-state index contributed by atoms with van der Waals surface area (Å²) in [5, 5.41) is 9.65. The molecule has 0 aliphatic heterocycles. The monoisotopic (exact) mass is 316 g/mol. The zero-order valence-corrected chi connectivity index (χ0v) is 12.8. The molecule has 0 fully saturated rings. The molecule has 1 N–H and O–H groups in total. The Morgan fingerprint density at radius 2 is 2.10 bits per heavy atom. The molecule has 2 aromatic heterocycles. The third-order valence-electron chi connectivity index (χ3n) is 3.19. The number of para-hydroxylation sites is 1. The van der Waals surface area contributed by atoms with Crippen molar-refractivity contribution in [1.29, 1.82) is 0 Å². The molecule has 21 heavy (non-hydrogen) atoms. The summed E-state index contributed by atoms with van der Waals surface area (Å²) >= 11 is 2.75. The molecule has 0 saturated carbocycles. The Labute approximate surface area is 129 Å². The van der Waals surface area contributed by atoms with Crippen molar-refractivity contribution in [2.75, 3.05) is 0 Å². The fourth-order valence-corrected chi connectivity index (χ4v) is 4.39. The molecular formula is C15H12N2O2S2. The van der Waals surface area contributed by atoms with Gasteiger partial charge in [0.25, 0.3) is 0 Å². The highest BCUT2D eigenvalue weighted by molar-refractivity contribution is 8.02. The topological polar surface area (TPSA) is 63.1 Å². The average Bonchev–Trinajstić information content (AvgIpc) is 2.89. The lowest BCUT2D eigenvalue weighted by Crippen LogP contribution is -2.28. The number of hydrogen-bond donors (Lipinski definition) is 1. The van der Waals surface area contributed by atoms with E-state index < -0.39 is 10.7 Å². The number of aromatic nitrogens is 2. The van der Waals surface area contributed by atoms with Crippen LogP contribution in [0.25, 0.3) is 10.2 Å². The Kier molecular flexibility index (Phi) is 3.65. The molecule has 0 amide bonds. The van der Waals surface area contributed by atoms with E-state index in [0.29, 0.717) is 5.56 Å². The van der Waals surface area contributed by atoms with Gasteiger partial charge in [0.15, 0.2) is 4.34 Å². The lowest BCUT2D eigenvalue weighted by Gasteiger charge is -2.22. The van der Waals surface area contributed by atoms with Gasteiger partial charge in [-0.05, 0) is 30.7 Å². The van der Waals surface area contributed by atoms with Crippen LogP contribution in [-0.2, 0) is 9.54 Å².